The monoisotopic (exact) mass is 300 g/mol. The third kappa shape index (κ3) is 4.56. The summed E-state index contributed by atoms with van der Waals surface area (Å²) in [5, 5.41) is 7.04. The highest BCUT2D eigenvalue weighted by atomic mass is 19.4. The molecule has 0 bridgehead atoms. The summed E-state index contributed by atoms with van der Waals surface area (Å²) in [6, 6.07) is 9.14. The van der Waals surface area contributed by atoms with Gasteiger partial charge >= 0.3 is 6.18 Å². The number of nitrogens with one attached hydrogen (secondary N) is 2. The summed E-state index contributed by atoms with van der Waals surface area (Å²) in [5.74, 6) is -2.36. The normalized spacial score (nSPS) is 11.4. The fourth-order valence-corrected chi connectivity index (χ4v) is 1.44. The van der Waals surface area contributed by atoms with Crippen molar-refractivity contribution >= 4 is 11.9 Å². The number of ether oxygens (including phenoxy) is 1. The first-order valence-electron chi connectivity index (χ1n) is 5.86. The minimum atomic E-state index is -4.64. The molecule has 0 unspecified atom stereocenters. The number of nitrogens with zero attached hydrogens (tertiary/aromatic N) is 2. The van der Waals surface area contributed by atoms with Gasteiger partial charge in [-0.2, -0.15) is 18.2 Å². The summed E-state index contributed by atoms with van der Waals surface area (Å²) in [4.78, 5) is 14.6. The van der Waals surface area contributed by atoms with Gasteiger partial charge in [0.05, 0.1) is 6.61 Å². The Hall–Kier alpha value is -2.42. The van der Waals surface area contributed by atoms with E-state index in [1.807, 2.05) is 30.3 Å². The van der Waals surface area contributed by atoms with Crippen molar-refractivity contribution in [2.45, 2.75) is 12.8 Å². The number of hydrogen-bond donors (Lipinski definition) is 2. The van der Waals surface area contributed by atoms with E-state index in [0.29, 0.717) is 0 Å². The molecule has 2 N–H and O–H groups in total. The number of halogens is 3. The molecule has 0 aliphatic rings. The van der Waals surface area contributed by atoms with Crippen LogP contribution in [0.1, 0.15) is 11.4 Å². The van der Waals surface area contributed by atoms with Crippen molar-refractivity contribution in [1.29, 1.82) is 0 Å². The van der Waals surface area contributed by atoms with Crippen LogP contribution in [0.2, 0.25) is 0 Å². The predicted molar refractivity (Wildman–Crippen MR) is 66.1 cm³/mol. The second kappa shape index (κ2) is 6.35. The molecule has 0 aliphatic carbocycles. The van der Waals surface area contributed by atoms with Gasteiger partial charge in [-0.25, -0.2) is 0 Å². The number of aromatic amines is 1. The number of hydrogen-bond acceptors (Lipinski definition) is 4. The van der Waals surface area contributed by atoms with Gasteiger partial charge in [0.25, 0.3) is 5.91 Å². The Labute approximate surface area is 117 Å². The molecule has 1 aromatic carbocycles. The van der Waals surface area contributed by atoms with E-state index in [2.05, 4.69) is 15.4 Å². The molecule has 0 aliphatic heterocycles. The van der Waals surface area contributed by atoms with Crippen LogP contribution in [0.5, 0.6) is 0 Å². The molecule has 0 fully saturated rings. The molecule has 6 nitrogen and oxygen atoms in total. The number of benzene rings is 1. The van der Waals surface area contributed by atoms with Gasteiger partial charge in [0, 0.05) is 0 Å². The van der Waals surface area contributed by atoms with Crippen molar-refractivity contribution in [2.24, 2.45) is 0 Å². The molecule has 0 atom stereocenters. The van der Waals surface area contributed by atoms with Gasteiger partial charge in [0.2, 0.25) is 11.8 Å². The van der Waals surface area contributed by atoms with E-state index < -0.39 is 23.9 Å². The van der Waals surface area contributed by atoms with Gasteiger partial charge in [-0.05, 0) is 5.56 Å². The Bertz CT molecular complexity index is 598. The molecule has 1 heterocycles. The molecule has 112 valence electrons. The van der Waals surface area contributed by atoms with Gasteiger partial charge in [-0.15, -0.1) is 5.10 Å². The lowest BCUT2D eigenvalue weighted by Crippen LogP contribution is -2.19. The molecule has 0 radical (unpaired) electrons. The lowest BCUT2D eigenvalue weighted by Gasteiger charge is -2.03. The fourth-order valence-electron chi connectivity index (χ4n) is 1.44. The minimum absolute atomic E-state index is 0.218. The Morgan fingerprint density at radius 1 is 1.29 bits per heavy atom. The first-order valence-corrected chi connectivity index (χ1v) is 5.86. The maximum Gasteiger partial charge on any atom is 0.451 e. The predicted octanol–water partition coefficient (Wildman–Crippen LogP) is 1.98. The SMILES string of the molecule is O=C(COCc1ccccc1)Nc1n[nH]c(C(F)(F)F)n1. The van der Waals surface area contributed by atoms with Gasteiger partial charge in [-0.3, -0.25) is 15.2 Å². The van der Waals surface area contributed by atoms with E-state index in [4.69, 9.17) is 4.74 Å². The molecule has 2 rings (SSSR count). The topological polar surface area (TPSA) is 79.9 Å². The van der Waals surface area contributed by atoms with Crippen LogP contribution in [0.3, 0.4) is 0 Å². The van der Waals surface area contributed by atoms with Crippen LogP contribution in [0.15, 0.2) is 30.3 Å². The van der Waals surface area contributed by atoms with Crippen molar-refractivity contribution in [3.8, 4) is 0 Å². The highest BCUT2D eigenvalue weighted by Crippen LogP contribution is 2.26. The van der Waals surface area contributed by atoms with Crippen molar-refractivity contribution in [1.82, 2.24) is 15.2 Å². The number of aromatic nitrogens is 3. The highest BCUT2D eigenvalue weighted by Gasteiger charge is 2.35. The average molecular weight is 300 g/mol. The Balaban J connectivity index is 1.78. The number of carbonyl (C=O) groups excluding carboxylic acids is 1. The van der Waals surface area contributed by atoms with E-state index in [9.17, 15) is 18.0 Å². The molecule has 2 aromatic rings. The molecule has 0 saturated carbocycles. The van der Waals surface area contributed by atoms with E-state index in [-0.39, 0.29) is 13.2 Å². The molecule has 21 heavy (non-hydrogen) atoms. The first-order chi connectivity index (χ1) is 9.95. The van der Waals surface area contributed by atoms with E-state index >= 15 is 0 Å². The van der Waals surface area contributed by atoms with Crippen LogP contribution in [0.25, 0.3) is 0 Å². The molecular weight excluding hydrogens is 289 g/mol. The zero-order chi connectivity index (χ0) is 15.3. The summed E-state index contributed by atoms with van der Waals surface area (Å²) < 4.78 is 41.9. The van der Waals surface area contributed by atoms with Crippen LogP contribution < -0.4 is 5.32 Å². The number of anilines is 1. The summed E-state index contributed by atoms with van der Waals surface area (Å²) in [6.45, 7) is -0.0964. The summed E-state index contributed by atoms with van der Waals surface area (Å²) in [7, 11) is 0. The van der Waals surface area contributed by atoms with Gasteiger partial charge in [-0.1, -0.05) is 30.3 Å². The summed E-state index contributed by atoms with van der Waals surface area (Å²) in [5.41, 5.74) is 0.877. The number of carbonyl (C=O) groups is 1. The Morgan fingerprint density at radius 2 is 2.00 bits per heavy atom. The largest absolute Gasteiger partial charge is 0.451 e. The first kappa shape index (κ1) is 15.0. The summed E-state index contributed by atoms with van der Waals surface area (Å²) >= 11 is 0. The van der Waals surface area contributed by atoms with Gasteiger partial charge in [0.1, 0.15) is 6.61 Å². The standard InChI is InChI=1S/C12H11F3N4O2/c13-12(14,15)10-17-11(19-18-10)16-9(20)7-21-6-8-4-2-1-3-5-8/h1-5H,6-7H2,(H2,16,17,18,19,20). The van der Waals surface area contributed by atoms with Crippen molar-refractivity contribution in [2.75, 3.05) is 11.9 Å². The van der Waals surface area contributed by atoms with E-state index in [0.717, 1.165) is 5.56 Å². The number of H-pyrrole nitrogens is 1. The van der Waals surface area contributed by atoms with Crippen LogP contribution in [0, 0.1) is 0 Å². The van der Waals surface area contributed by atoms with Crippen molar-refractivity contribution < 1.29 is 22.7 Å². The third-order valence-corrected chi connectivity index (χ3v) is 2.35. The number of amides is 1. The molecule has 1 aromatic heterocycles. The Morgan fingerprint density at radius 3 is 2.62 bits per heavy atom. The lowest BCUT2D eigenvalue weighted by atomic mass is 10.2. The number of alkyl halides is 3. The average Bonchev–Trinajstić information content (AvgIpc) is 2.88. The second-order valence-electron chi connectivity index (χ2n) is 4.03. The molecular formula is C12H11F3N4O2. The number of rotatable bonds is 5. The maximum absolute atomic E-state index is 12.3. The Kier molecular flexibility index (Phi) is 4.53. The molecule has 0 saturated heterocycles. The zero-order valence-corrected chi connectivity index (χ0v) is 10.6. The van der Waals surface area contributed by atoms with Gasteiger partial charge in [0.15, 0.2) is 0 Å². The zero-order valence-electron chi connectivity index (χ0n) is 10.6. The molecule has 0 spiro atoms. The van der Waals surface area contributed by atoms with Crippen molar-refractivity contribution in [3.05, 3.63) is 41.7 Å². The fraction of sp³-hybridized carbons (Fsp3) is 0.250. The second-order valence-corrected chi connectivity index (χ2v) is 4.03. The van der Waals surface area contributed by atoms with Crippen LogP contribution in [0.4, 0.5) is 19.1 Å². The van der Waals surface area contributed by atoms with Crippen LogP contribution >= 0.6 is 0 Å². The third-order valence-electron chi connectivity index (χ3n) is 2.35. The quantitative estimate of drug-likeness (QED) is 0.885. The van der Waals surface area contributed by atoms with E-state index in [1.165, 1.54) is 0 Å². The summed E-state index contributed by atoms with van der Waals surface area (Å²) in [6.07, 6.45) is -4.64. The van der Waals surface area contributed by atoms with Crippen LogP contribution in [-0.2, 0) is 22.3 Å². The highest BCUT2D eigenvalue weighted by molar-refractivity contribution is 5.89. The van der Waals surface area contributed by atoms with Crippen LogP contribution in [-0.4, -0.2) is 27.7 Å². The maximum atomic E-state index is 12.3. The molecule has 9 heteroatoms. The minimum Gasteiger partial charge on any atom is -0.367 e. The van der Waals surface area contributed by atoms with E-state index in [1.54, 1.807) is 5.10 Å². The lowest BCUT2D eigenvalue weighted by molar-refractivity contribution is -0.144. The smallest absolute Gasteiger partial charge is 0.367 e. The van der Waals surface area contributed by atoms with Gasteiger partial charge < -0.3 is 4.74 Å². The van der Waals surface area contributed by atoms with Crippen molar-refractivity contribution in [3.63, 3.8) is 0 Å². The molecule has 1 amide bonds.